The molecule has 0 aliphatic heterocycles. The average molecular weight is 1000 g/mol. The van der Waals surface area contributed by atoms with Crippen LogP contribution in [0.1, 0.15) is 68.2 Å². The van der Waals surface area contributed by atoms with Crippen LogP contribution in [0.2, 0.25) is 0 Å². The summed E-state index contributed by atoms with van der Waals surface area (Å²) < 4.78 is 50.2. The van der Waals surface area contributed by atoms with Crippen LogP contribution in [0, 0.1) is 3.80 Å². The predicted octanol–water partition coefficient (Wildman–Crippen LogP) is 14.7. The fourth-order valence-electron chi connectivity index (χ4n) is 9.52. The molecule has 312 valence electrons. The molecule has 0 radical (unpaired) electrons. The number of fused-ring (bicyclic) bond motifs is 5. The van der Waals surface area contributed by atoms with Crippen molar-refractivity contribution in [1.82, 2.24) is 18.7 Å². The molecule has 6 heteroatoms. The number of para-hydroxylation sites is 4. The van der Waals surface area contributed by atoms with Crippen LogP contribution in [0.25, 0.3) is 66.6 Å². The van der Waals surface area contributed by atoms with Gasteiger partial charge in [-0.2, -0.15) is 0 Å². The molecule has 0 spiro atoms. The monoisotopic (exact) mass is 1000 g/mol. The van der Waals surface area contributed by atoms with E-state index in [1.165, 1.54) is 11.1 Å². The maximum atomic E-state index is 9.10. The Morgan fingerprint density at radius 3 is 2.06 bits per heavy atom. The first-order valence-electron chi connectivity index (χ1n) is 23.7. The first kappa shape index (κ1) is 35.0. The minimum atomic E-state index is -0.280. The van der Waals surface area contributed by atoms with Crippen molar-refractivity contribution in [2.24, 2.45) is 0 Å². The average Bonchev–Trinajstić information content (AvgIpc) is 3.75. The standard InChI is InChI=1S/C57H48N4O.Pt/c1-57(2,3)42-33-34-58-55(35-42)61-51-26-13-11-22-47(51)48-32-31-44(37-54(48)61)62-43-30-29-41-21-10-12-25-50(49(41)36-43)59-38-60(53-28-15-14-27-52(53)59)56-45(39-17-6-4-7-18-39)23-16-24-46(56)40-19-8-5-9-20-40;/h4-9,11,13-20,22-24,26-37,50H,10,12,21,25H2,1-3H3;/i11D,13D,22D,26D;. The molecule has 1 atom stereocenters. The van der Waals surface area contributed by atoms with E-state index >= 15 is 0 Å². The Morgan fingerprint density at radius 2 is 1.32 bits per heavy atom. The Labute approximate surface area is 384 Å². The van der Waals surface area contributed by atoms with E-state index in [9.17, 15) is 0 Å². The summed E-state index contributed by atoms with van der Waals surface area (Å²) in [6.45, 7) is 6.43. The SMILES string of the molecule is [2H]c1c([2H])c([2H])c2c(c1[2H])c1ccc(Oc3ccc4c(c3)C(n3[c](=[Pt])n(-c5c(-c6ccccc6)cccc5-c5ccccc5)c5ccccc53)CCCC4)cc1n2-c1cc(C(C)(C)C)ccn1. The van der Waals surface area contributed by atoms with Gasteiger partial charge in [-0.25, -0.2) is 4.98 Å². The molecule has 3 aromatic heterocycles. The molecule has 0 amide bonds. The summed E-state index contributed by atoms with van der Waals surface area (Å²) in [4.78, 5) is 4.78. The smallest absolute Gasteiger partial charge is 0.239 e. The molecule has 11 rings (SSSR count). The third-order valence-corrected chi connectivity index (χ3v) is 13.6. The first-order chi connectivity index (χ1) is 32.5. The minimum Gasteiger partial charge on any atom is -0.239 e. The van der Waals surface area contributed by atoms with E-state index in [1.807, 2.05) is 34.9 Å². The zero-order valence-electron chi connectivity index (χ0n) is 39.4. The number of nitrogens with zero attached hydrogens (tertiary/aromatic N) is 4. The van der Waals surface area contributed by atoms with Crippen LogP contribution in [-0.2, 0) is 31.2 Å². The summed E-state index contributed by atoms with van der Waals surface area (Å²) in [6.07, 6.45) is 5.88. The first-order valence-corrected chi connectivity index (χ1v) is 22.8. The van der Waals surface area contributed by atoms with Gasteiger partial charge in [-0.1, -0.05) is 38.9 Å². The number of imidazole rings is 1. The fourth-order valence-corrected chi connectivity index (χ4v) is 10.7. The summed E-state index contributed by atoms with van der Waals surface area (Å²) in [5.41, 5.74) is 12.6. The Morgan fingerprint density at radius 1 is 0.635 bits per heavy atom. The van der Waals surface area contributed by atoms with E-state index in [1.54, 1.807) is 6.20 Å². The molecule has 0 saturated heterocycles. The van der Waals surface area contributed by atoms with Crippen molar-refractivity contribution in [2.45, 2.75) is 57.9 Å². The predicted molar refractivity (Wildman–Crippen MR) is 255 cm³/mol. The Balaban J connectivity index is 1.06. The molecular formula is C57H48N4OPt. The number of benzene rings is 7. The number of hydrogen-bond donors (Lipinski definition) is 0. The number of aromatic nitrogens is 4. The molecular weight excluding hydrogens is 952 g/mol. The molecule has 1 unspecified atom stereocenters. The van der Waals surface area contributed by atoms with Gasteiger partial charge in [-0.15, -0.1) is 0 Å². The van der Waals surface area contributed by atoms with Crippen LogP contribution in [0.3, 0.4) is 0 Å². The number of pyridine rings is 1. The Kier molecular flexibility index (Phi) is 8.87. The van der Waals surface area contributed by atoms with E-state index in [0.29, 0.717) is 39.1 Å². The maximum absolute atomic E-state index is 9.10. The van der Waals surface area contributed by atoms with Gasteiger partial charge in [0.25, 0.3) is 0 Å². The summed E-state index contributed by atoms with van der Waals surface area (Å²) in [5, 5.41) is 1.16. The molecule has 7 aromatic carbocycles. The van der Waals surface area contributed by atoms with Gasteiger partial charge >= 0.3 is 302 Å². The van der Waals surface area contributed by atoms with Gasteiger partial charge in [0, 0.05) is 6.20 Å². The van der Waals surface area contributed by atoms with E-state index < -0.39 is 0 Å². The molecule has 63 heavy (non-hydrogen) atoms. The molecule has 0 saturated carbocycles. The fraction of sp³-hybridized carbons (Fsp3) is 0.158. The van der Waals surface area contributed by atoms with Gasteiger partial charge in [-0.05, 0) is 29.2 Å². The molecule has 10 aromatic rings. The zero-order valence-corrected chi connectivity index (χ0v) is 37.7. The zero-order chi connectivity index (χ0) is 46.1. The second-order valence-electron chi connectivity index (χ2n) is 17.5. The van der Waals surface area contributed by atoms with Crippen molar-refractivity contribution in [2.75, 3.05) is 0 Å². The van der Waals surface area contributed by atoms with Crippen molar-refractivity contribution >= 4 is 32.8 Å². The van der Waals surface area contributed by atoms with Crippen molar-refractivity contribution in [3.8, 4) is 45.3 Å². The number of ether oxygens (including phenoxy) is 1. The van der Waals surface area contributed by atoms with Crippen LogP contribution in [0.15, 0.2) is 182 Å². The molecule has 5 nitrogen and oxygen atoms in total. The molecule has 0 fully saturated rings. The van der Waals surface area contributed by atoms with Crippen molar-refractivity contribution < 1.29 is 29.6 Å². The molecule has 3 heterocycles. The van der Waals surface area contributed by atoms with Crippen molar-refractivity contribution in [1.29, 1.82) is 0 Å². The molecule has 1 aliphatic rings. The van der Waals surface area contributed by atoms with Crippen molar-refractivity contribution in [3.63, 3.8) is 0 Å². The number of hydrogen-bond acceptors (Lipinski definition) is 2. The second-order valence-corrected chi connectivity index (χ2v) is 18.5. The van der Waals surface area contributed by atoms with Gasteiger partial charge < -0.3 is 0 Å². The van der Waals surface area contributed by atoms with Gasteiger partial charge in [0.15, 0.2) is 0 Å². The normalized spacial score (nSPS) is 15.2. The Bertz CT molecular complexity index is 3570. The van der Waals surface area contributed by atoms with Crippen molar-refractivity contribution in [3.05, 3.63) is 203 Å². The topological polar surface area (TPSA) is 36.9 Å². The third-order valence-electron chi connectivity index (χ3n) is 12.6. The summed E-state index contributed by atoms with van der Waals surface area (Å²) in [6, 6.07) is 52.4. The van der Waals surface area contributed by atoms with Crippen LogP contribution >= 0.6 is 0 Å². The second kappa shape index (κ2) is 16.0. The summed E-state index contributed by atoms with van der Waals surface area (Å²) in [5.74, 6) is 1.88. The molecule has 0 N–H and O–H groups in total. The Hall–Kier alpha value is -6.55. The van der Waals surface area contributed by atoms with Gasteiger partial charge in [0.1, 0.15) is 0 Å². The van der Waals surface area contributed by atoms with Gasteiger partial charge in [0.05, 0.1) is 5.48 Å². The third kappa shape index (κ3) is 7.00. The van der Waals surface area contributed by atoms with Crippen LogP contribution in [-0.4, -0.2) is 18.7 Å². The summed E-state index contributed by atoms with van der Waals surface area (Å²) >= 11 is 2.56. The van der Waals surface area contributed by atoms with Crippen LogP contribution in [0.4, 0.5) is 0 Å². The van der Waals surface area contributed by atoms with E-state index in [2.05, 4.69) is 171 Å². The van der Waals surface area contributed by atoms with Gasteiger partial charge in [-0.3, -0.25) is 0 Å². The number of aryl methyl sites for hydroxylation is 1. The molecule has 0 bridgehead atoms. The van der Waals surface area contributed by atoms with E-state index in [0.717, 1.165) is 74.0 Å². The van der Waals surface area contributed by atoms with E-state index in [4.69, 9.17) is 15.2 Å². The van der Waals surface area contributed by atoms with Gasteiger partial charge in [0.2, 0.25) is 0 Å². The minimum absolute atomic E-state index is 0.0269. The van der Waals surface area contributed by atoms with E-state index in [-0.39, 0.29) is 35.6 Å². The van der Waals surface area contributed by atoms with Crippen LogP contribution < -0.4 is 4.74 Å². The quantitative estimate of drug-likeness (QED) is 0.149. The summed E-state index contributed by atoms with van der Waals surface area (Å²) in [7, 11) is 0. The van der Waals surface area contributed by atoms with Crippen LogP contribution in [0.5, 0.6) is 11.5 Å². The molecule has 1 aliphatic carbocycles. The number of rotatable bonds is 7.